The van der Waals surface area contributed by atoms with Gasteiger partial charge in [-0.05, 0) is 0 Å². The molecule has 0 aromatic rings. The van der Waals surface area contributed by atoms with E-state index in [0.29, 0.717) is 0 Å². The SMILES string of the molecule is O=C(O)C(O)C(O)P(=O)(O)O.[NaH].[NaH]. The number of carboxylic acids is 1. The van der Waals surface area contributed by atoms with Crippen LogP contribution in [-0.4, -0.2) is 102 Å². The predicted molar refractivity (Wildman–Crippen MR) is 46.0 cm³/mol. The Kier molecular flexibility index (Phi) is 12.0. The van der Waals surface area contributed by atoms with Crippen LogP contribution in [-0.2, 0) is 9.36 Å². The van der Waals surface area contributed by atoms with E-state index in [9.17, 15) is 9.36 Å². The van der Waals surface area contributed by atoms with Crippen molar-refractivity contribution in [2.75, 3.05) is 0 Å². The standard InChI is InChI=1S/C3H7O7P.2Na.2H/c4-1(2(5)6)3(7)11(8,9)10;;;;/h1,3-4,7H,(H,5,6)(H2,8,9,10);;;;. The monoisotopic (exact) mass is 234 g/mol. The van der Waals surface area contributed by atoms with Gasteiger partial charge in [0.2, 0.25) is 0 Å². The van der Waals surface area contributed by atoms with Gasteiger partial charge < -0.3 is 25.1 Å². The maximum atomic E-state index is 10.1. The summed E-state index contributed by atoms with van der Waals surface area (Å²) in [7, 11) is -4.94. The Morgan fingerprint density at radius 3 is 1.54 bits per heavy atom. The van der Waals surface area contributed by atoms with Crippen molar-refractivity contribution < 1.29 is 34.5 Å². The van der Waals surface area contributed by atoms with E-state index in [2.05, 4.69) is 0 Å². The van der Waals surface area contributed by atoms with Crippen molar-refractivity contribution in [2.24, 2.45) is 0 Å². The second-order valence-corrected chi connectivity index (χ2v) is 3.49. The Morgan fingerprint density at radius 1 is 1.15 bits per heavy atom. The zero-order valence-corrected chi connectivity index (χ0v) is 6.05. The molecule has 0 rings (SSSR count). The summed E-state index contributed by atoms with van der Waals surface area (Å²) in [6.45, 7) is 0. The normalized spacial score (nSPS) is 14.8. The number of hydrogen-bond acceptors (Lipinski definition) is 4. The predicted octanol–water partition coefficient (Wildman–Crippen LogP) is -3.37. The van der Waals surface area contributed by atoms with Crippen LogP contribution in [0.5, 0.6) is 0 Å². The van der Waals surface area contributed by atoms with Crippen LogP contribution in [0.3, 0.4) is 0 Å². The molecule has 5 N–H and O–H groups in total. The number of aliphatic hydroxyl groups is 2. The van der Waals surface area contributed by atoms with E-state index in [-0.39, 0.29) is 59.1 Å². The Bertz CT molecular complexity index is 202. The Hall–Kier alpha value is 1.54. The number of carbonyl (C=O) groups is 1. The topological polar surface area (TPSA) is 135 Å². The van der Waals surface area contributed by atoms with Crippen LogP contribution in [0.1, 0.15) is 0 Å². The fraction of sp³-hybridized carbons (Fsp3) is 0.667. The molecule has 2 unspecified atom stereocenters. The molecule has 0 saturated carbocycles. The molecule has 0 aromatic carbocycles. The molecule has 13 heavy (non-hydrogen) atoms. The van der Waals surface area contributed by atoms with Gasteiger partial charge in [0, 0.05) is 0 Å². The average molecular weight is 234 g/mol. The number of hydrogen-bond donors (Lipinski definition) is 5. The van der Waals surface area contributed by atoms with Crippen LogP contribution in [0.25, 0.3) is 0 Å². The molecule has 0 amide bonds. The van der Waals surface area contributed by atoms with E-state index < -0.39 is 25.5 Å². The van der Waals surface area contributed by atoms with Crippen molar-refractivity contribution in [3.8, 4) is 0 Å². The van der Waals surface area contributed by atoms with Crippen LogP contribution in [0, 0.1) is 0 Å². The Morgan fingerprint density at radius 2 is 1.46 bits per heavy atom. The first-order valence-corrected chi connectivity index (χ1v) is 4.09. The quantitative estimate of drug-likeness (QED) is 0.254. The van der Waals surface area contributed by atoms with Crippen LogP contribution in [0.15, 0.2) is 0 Å². The van der Waals surface area contributed by atoms with Crippen molar-refractivity contribution in [1.29, 1.82) is 0 Å². The van der Waals surface area contributed by atoms with Gasteiger partial charge in [0.15, 0.2) is 11.9 Å². The van der Waals surface area contributed by atoms with Gasteiger partial charge in [0.25, 0.3) is 0 Å². The van der Waals surface area contributed by atoms with Gasteiger partial charge >= 0.3 is 72.7 Å². The maximum absolute atomic E-state index is 10.1. The molecule has 0 aromatic heterocycles. The zero-order chi connectivity index (χ0) is 9.23. The third-order valence-electron chi connectivity index (χ3n) is 0.880. The summed E-state index contributed by atoms with van der Waals surface area (Å²) in [6.07, 6.45) is -2.46. The summed E-state index contributed by atoms with van der Waals surface area (Å²) in [5, 5.41) is 24.8. The van der Waals surface area contributed by atoms with Gasteiger partial charge in [-0.3, -0.25) is 4.57 Å². The minimum atomic E-state index is -4.94. The molecule has 0 spiro atoms. The van der Waals surface area contributed by atoms with Crippen LogP contribution < -0.4 is 0 Å². The Labute approximate surface area is 118 Å². The van der Waals surface area contributed by atoms with Crippen LogP contribution in [0.4, 0.5) is 0 Å². The molecule has 10 heteroatoms. The minimum absolute atomic E-state index is 0. The summed E-state index contributed by atoms with van der Waals surface area (Å²) in [5.41, 5.74) is 0. The van der Waals surface area contributed by atoms with Gasteiger partial charge in [-0.15, -0.1) is 0 Å². The number of aliphatic hydroxyl groups excluding tert-OH is 2. The van der Waals surface area contributed by atoms with Crippen molar-refractivity contribution in [1.82, 2.24) is 0 Å². The molecule has 0 aliphatic rings. The summed E-state index contributed by atoms with van der Waals surface area (Å²) in [5.74, 6) is -4.46. The van der Waals surface area contributed by atoms with E-state index in [1.807, 2.05) is 0 Å². The fourth-order valence-electron chi connectivity index (χ4n) is 0.311. The molecule has 0 fully saturated rings. The summed E-state index contributed by atoms with van der Waals surface area (Å²) >= 11 is 0. The van der Waals surface area contributed by atoms with E-state index >= 15 is 0 Å². The van der Waals surface area contributed by atoms with Crippen molar-refractivity contribution in [3.63, 3.8) is 0 Å². The summed E-state index contributed by atoms with van der Waals surface area (Å²) < 4.78 is 10.1. The van der Waals surface area contributed by atoms with E-state index in [1.165, 1.54) is 0 Å². The molecule has 2 atom stereocenters. The average Bonchev–Trinajstić information content (AvgIpc) is 1.82. The van der Waals surface area contributed by atoms with Gasteiger partial charge in [-0.1, -0.05) is 0 Å². The van der Waals surface area contributed by atoms with Crippen LogP contribution in [0.2, 0.25) is 0 Å². The zero-order valence-electron chi connectivity index (χ0n) is 5.15. The third kappa shape index (κ3) is 7.47. The molecular weight excluding hydrogens is 225 g/mol. The number of aliphatic carboxylic acids is 1. The van der Waals surface area contributed by atoms with Gasteiger partial charge in [-0.25, -0.2) is 4.79 Å². The molecule has 7 nitrogen and oxygen atoms in total. The molecule has 70 valence electrons. The van der Waals surface area contributed by atoms with Gasteiger partial charge in [0.05, 0.1) is 0 Å². The summed E-state index contributed by atoms with van der Waals surface area (Å²) in [6, 6.07) is 0. The molecule has 0 aliphatic heterocycles. The van der Waals surface area contributed by atoms with E-state index in [1.54, 1.807) is 0 Å². The molecule has 0 bridgehead atoms. The molecule has 0 saturated heterocycles. The van der Waals surface area contributed by atoms with Crippen molar-refractivity contribution in [3.05, 3.63) is 0 Å². The molecule has 0 heterocycles. The second kappa shape index (κ2) is 7.78. The first-order chi connectivity index (χ1) is 4.76. The fourth-order valence-corrected chi connectivity index (χ4v) is 0.807. The van der Waals surface area contributed by atoms with Crippen molar-refractivity contribution in [2.45, 2.75) is 11.9 Å². The second-order valence-electron chi connectivity index (χ2n) is 1.79. The number of rotatable bonds is 3. The van der Waals surface area contributed by atoms with E-state index in [4.69, 9.17) is 25.1 Å². The van der Waals surface area contributed by atoms with Gasteiger partial charge in [-0.2, -0.15) is 0 Å². The first-order valence-electron chi connectivity index (χ1n) is 2.41. The third-order valence-corrected chi connectivity index (χ3v) is 1.85. The Balaban J connectivity index is -0.000000500. The number of carboxylic acid groups (broad SMARTS) is 1. The van der Waals surface area contributed by atoms with Gasteiger partial charge in [0.1, 0.15) is 0 Å². The van der Waals surface area contributed by atoms with Crippen molar-refractivity contribution >= 4 is 72.7 Å². The summed E-state index contributed by atoms with van der Waals surface area (Å²) in [4.78, 5) is 26.1. The van der Waals surface area contributed by atoms with E-state index in [0.717, 1.165) is 0 Å². The molecule has 0 aliphatic carbocycles. The first kappa shape index (κ1) is 20.0. The van der Waals surface area contributed by atoms with Crippen LogP contribution >= 0.6 is 7.60 Å². The molecular formula is C3H9Na2O7P. The molecule has 0 radical (unpaired) electrons.